The third-order valence-electron chi connectivity index (χ3n) is 3.79. The number of rotatable bonds is 8. The predicted octanol–water partition coefficient (Wildman–Crippen LogP) is 2.51. The van der Waals surface area contributed by atoms with Gasteiger partial charge in [0.1, 0.15) is 12.1 Å². The number of amides is 2. The zero-order valence-electron chi connectivity index (χ0n) is 15.1. The highest BCUT2D eigenvalue weighted by atomic mass is 16.5. The molecule has 1 aromatic heterocycles. The molecule has 1 unspecified atom stereocenters. The molecule has 25 heavy (non-hydrogen) atoms. The Labute approximate surface area is 147 Å². The Morgan fingerprint density at radius 3 is 2.88 bits per heavy atom. The van der Waals surface area contributed by atoms with E-state index in [-0.39, 0.29) is 12.1 Å². The first kappa shape index (κ1) is 18.7. The van der Waals surface area contributed by atoms with Gasteiger partial charge in [-0.2, -0.15) is 0 Å². The largest absolute Gasteiger partial charge is 0.496 e. The number of aromatic nitrogens is 3. The second-order valence-corrected chi connectivity index (χ2v) is 5.73. The van der Waals surface area contributed by atoms with Crippen molar-refractivity contribution < 1.29 is 14.3 Å². The lowest BCUT2D eigenvalue weighted by molar-refractivity contribution is 0.189. The normalized spacial score (nSPS) is 11.8. The van der Waals surface area contributed by atoms with E-state index >= 15 is 0 Å². The van der Waals surface area contributed by atoms with Gasteiger partial charge in [-0.15, -0.1) is 10.2 Å². The van der Waals surface area contributed by atoms with Gasteiger partial charge in [-0.3, -0.25) is 0 Å². The van der Waals surface area contributed by atoms with E-state index in [1.165, 1.54) is 0 Å². The average molecular weight is 347 g/mol. The summed E-state index contributed by atoms with van der Waals surface area (Å²) < 4.78 is 12.2. The molecule has 0 radical (unpaired) electrons. The third-order valence-corrected chi connectivity index (χ3v) is 3.79. The Balaban J connectivity index is 1.95. The van der Waals surface area contributed by atoms with Crippen molar-refractivity contribution in [2.75, 3.05) is 26.1 Å². The zero-order valence-corrected chi connectivity index (χ0v) is 15.1. The summed E-state index contributed by atoms with van der Waals surface area (Å²) in [6.07, 6.45) is 2.51. The van der Waals surface area contributed by atoms with Crippen LogP contribution in [0.2, 0.25) is 0 Å². The first-order valence-corrected chi connectivity index (χ1v) is 8.14. The van der Waals surface area contributed by atoms with Crippen molar-refractivity contribution in [1.29, 1.82) is 0 Å². The number of benzene rings is 1. The van der Waals surface area contributed by atoms with Crippen molar-refractivity contribution in [3.63, 3.8) is 0 Å². The summed E-state index contributed by atoms with van der Waals surface area (Å²) in [5.41, 5.74) is 1.67. The maximum Gasteiger partial charge on any atom is 0.319 e. The SMILES string of the molecule is COCCCn1cnnc1C(C)NC(=O)Nc1ccc(C)c(OC)c1. The number of methoxy groups -OCH3 is 2. The van der Waals surface area contributed by atoms with E-state index in [0.29, 0.717) is 18.1 Å². The van der Waals surface area contributed by atoms with Crippen LogP contribution in [0.3, 0.4) is 0 Å². The summed E-state index contributed by atoms with van der Waals surface area (Å²) in [6.45, 7) is 5.21. The van der Waals surface area contributed by atoms with Gasteiger partial charge in [-0.05, 0) is 31.9 Å². The Bertz CT molecular complexity index is 701. The minimum atomic E-state index is -0.315. The van der Waals surface area contributed by atoms with Gasteiger partial charge in [0.2, 0.25) is 0 Å². The molecule has 8 nitrogen and oxygen atoms in total. The lowest BCUT2D eigenvalue weighted by atomic mass is 10.2. The predicted molar refractivity (Wildman–Crippen MR) is 94.8 cm³/mol. The highest BCUT2D eigenvalue weighted by Gasteiger charge is 2.16. The van der Waals surface area contributed by atoms with Crippen LogP contribution in [0.4, 0.5) is 10.5 Å². The van der Waals surface area contributed by atoms with Crippen LogP contribution in [0.25, 0.3) is 0 Å². The van der Waals surface area contributed by atoms with Crippen LogP contribution in [0, 0.1) is 6.92 Å². The average Bonchev–Trinajstić information content (AvgIpc) is 3.05. The first-order chi connectivity index (χ1) is 12.0. The van der Waals surface area contributed by atoms with E-state index in [9.17, 15) is 4.79 Å². The topological polar surface area (TPSA) is 90.3 Å². The van der Waals surface area contributed by atoms with Crippen molar-refractivity contribution >= 4 is 11.7 Å². The van der Waals surface area contributed by atoms with Crippen LogP contribution < -0.4 is 15.4 Å². The molecule has 0 bridgehead atoms. The lowest BCUT2D eigenvalue weighted by Crippen LogP contribution is -2.32. The molecule has 0 saturated carbocycles. The Morgan fingerprint density at radius 2 is 2.16 bits per heavy atom. The molecule has 2 N–H and O–H groups in total. The number of carbonyl (C=O) groups is 1. The number of hydrogen-bond acceptors (Lipinski definition) is 5. The van der Waals surface area contributed by atoms with Gasteiger partial charge in [0.15, 0.2) is 5.82 Å². The van der Waals surface area contributed by atoms with Gasteiger partial charge in [0, 0.05) is 32.0 Å². The van der Waals surface area contributed by atoms with Crippen molar-refractivity contribution in [3.05, 3.63) is 35.9 Å². The maximum atomic E-state index is 12.2. The van der Waals surface area contributed by atoms with E-state index in [2.05, 4.69) is 20.8 Å². The molecule has 8 heteroatoms. The number of aryl methyl sites for hydroxylation is 2. The quantitative estimate of drug-likeness (QED) is 0.716. The van der Waals surface area contributed by atoms with Crippen LogP contribution in [-0.2, 0) is 11.3 Å². The smallest absolute Gasteiger partial charge is 0.319 e. The molecule has 0 aliphatic rings. The van der Waals surface area contributed by atoms with E-state index in [4.69, 9.17) is 9.47 Å². The molecule has 0 saturated heterocycles. The molecular weight excluding hydrogens is 322 g/mol. The number of nitrogens with zero attached hydrogens (tertiary/aromatic N) is 3. The fourth-order valence-corrected chi connectivity index (χ4v) is 2.48. The molecule has 2 rings (SSSR count). The molecule has 136 valence electrons. The van der Waals surface area contributed by atoms with Crippen molar-refractivity contribution in [2.24, 2.45) is 0 Å². The van der Waals surface area contributed by atoms with E-state index < -0.39 is 0 Å². The number of urea groups is 1. The van der Waals surface area contributed by atoms with Gasteiger partial charge in [0.25, 0.3) is 0 Å². The van der Waals surface area contributed by atoms with Gasteiger partial charge >= 0.3 is 6.03 Å². The molecule has 0 spiro atoms. The fraction of sp³-hybridized carbons (Fsp3) is 0.471. The van der Waals surface area contributed by atoms with Crippen molar-refractivity contribution in [2.45, 2.75) is 32.9 Å². The summed E-state index contributed by atoms with van der Waals surface area (Å²) in [7, 11) is 3.27. The summed E-state index contributed by atoms with van der Waals surface area (Å²) in [6, 6.07) is 4.91. The van der Waals surface area contributed by atoms with Gasteiger partial charge in [-0.25, -0.2) is 4.79 Å². The van der Waals surface area contributed by atoms with Crippen molar-refractivity contribution in [1.82, 2.24) is 20.1 Å². The summed E-state index contributed by atoms with van der Waals surface area (Å²) in [4.78, 5) is 12.2. The molecule has 1 aromatic carbocycles. The molecular formula is C17H25N5O3. The Morgan fingerprint density at radius 1 is 1.36 bits per heavy atom. The number of anilines is 1. The van der Waals surface area contributed by atoms with E-state index in [1.54, 1.807) is 26.6 Å². The highest BCUT2D eigenvalue weighted by molar-refractivity contribution is 5.89. The molecule has 2 aromatic rings. The molecule has 0 fully saturated rings. The zero-order chi connectivity index (χ0) is 18.2. The molecule has 0 aliphatic heterocycles. The van der Waals surface area contributed by atoms with Crippen molar-refractivity contribution in [3.8, 4) is 5.75 Å². The second-order valence-electron chi connectivity index (χ2n) is 5.73. The standard InChI is InChI=1S/C17H25N5O3/c1-12-6-7-14(10-15(12)25-4)20-17(23)19-13(2)16-21-18-11-22(16)8-5-9-24-3/h6-7,10-11,13H,5,8-9H2,1-4H3,(H2,19,20,23). The van der Waals surface area contributed by atoms with Gasteiger partial charge in [-0.1, -0.05) is 6.07 Å². The Kier molecular flexibility index (Phi) is 6.76. The molecule has 1 atom stereocenters. The van der Waals surface area contributed by atoms with Crippen LogP contribution >= 0.6 is 0 Å². The number of carbonyl (C=O) groups excluding carboxylic acids is 1. The van der Waals surface area contributed by atoms with Crippen LogP contribution in [0.15, 0.2) is 24.5 Å². The van der Waals surface area contributed by atoms with Crippen LogP contribution in [0.5, 0.6) is 5.75 Å². The van der Waals surface area contributed by atoms with E-state index in [0.717, 1.165) is 24.3 Å². The second kappa shape index (κ2) is 9.03. The first-order valence-electron chi connectivity index (χ1n) is 8.14. The molecule has 0 aliphatic carbocycles. The number of hydrogen-bond donors (Lipinski definition) is 2. The lowest BCUT2D eigenvalue weighted by Gasteiger charge is -2.16. The maximum absolute atomic E-state index is 12.2. The van der Waals surface area contributed by atoms with Gasteiger partial charge < -0.3 is 24.7 Å². The third kappa shape index (κ3) is 5.18. The van der Waals surface area contributed by atoms with Crippen LogP contribution in [0.1, 0.15) is 30.8 Å². The minimum Gasteiger partial charge on any atom is -0.496 e. The van der Waals surface area contributed by atoms with E-state index in [1.807, 2.05) is 30.5 Å². The summed E-state index contributed by atoms with van der Waals surface area (Å²) in [5.74, 6) is 1.43. The number of ether oxygens (including phenoxy) is 2. The number of nitrogens with one attached hydrogen (secondary N) is 2. The minimum absolute atomic E-state index is 0.280. The monoisotopic (exact) mass is 347 g/mol. The highest BCUT2D eigenvalue weighted by Crippen LogP contribution is 2.22. The molecule has 2 amide bonds. The summed E-state index contributed by atoms with van der Waals surface area (Å²) >= 11 is 0. The van der Waals surface area contributed by atoms with Crippen LogP contribution in [-0.4, -0.2) is 41.6 Å². The Hall–Kier alpha value is -2.61. The summed E-state index contributed by atoms with van der Waals surface area (Å²) in [5, 5.41) is 13.7. The fourth-order valence-electron chi connectivity index (χ4n) is 2.48. The molecule has 1 heterocycles. The van der Waals surface area contributed by atoms with Gasteiger partial charge in [0.05, 0.1) is 13.2 Å².